The molecule has 0 saturated heterocycles. The van der Waals surface area contributed by atoms with Crippen molar-refractivity contribution in [2.45, 2.75) is 83.3 Å². The largest absolute Gasteiger partial charge is 0.458 e. The molecule has 8 atom stereocenters. The van der Waals surface area contributed by atoms with Crippen LogP contribution in [0.3, 0.4) is 0 Å². The minimum atomic E-state index is -0.835. The molecule has 0 aromatic heterocycles. The Morgan fingerprint density at radius 1 is 1.07 bits per heavy atom. The molecule has 0 aromatic carbocycles. The van der Waals surface area contributed by atoms with Gasteiger partial charge in [0.05, 0.1) is 11.7 Å². The summed E-state index contributed by atoms with van der Waals surface area (Å²) in [6.07, 6.45) is 11.0. The third kappa shape index (κ3) is 2.20. The van der Waals surface area contributed by atoms with Crippen LogP contribution in [-0.2, 0) is 9.53 Å². The molecule has 4 saturated carbocycles. The number of hydrogen-bond donors (Lipinski definition) is 2. The Balaban J connectivity index is 1.53. The van der Waals surface area contributed by atoms with E-state index < -0.39 is 17.1 Å². The summed E-state index contributed by atoms with van der Waals surface area (Å²) in [5.74, 6) is 1.21. The molecule has 4 fully saturated rings. The second-order valence-corrected chi connectivity index (χ2v) is 10.6. The van der Waals surface area contributed by atoms with Crippen molar-refractivity contribution in [1.82, 2.24) is 0 Å². The topological polar surface area (TPSA) is 66.8 Å². The number of aliphatic hydroxyl groups excluding tert-OH is 1. The third-order valence-corrected chi connectivity index (χ3v) is 10.00. The minimum absolute atomic E-state index is 0.0433. The van der Waals surface area contributed by atoms with Gasteiger partial charge in [0, 0.05) is 11.5 Å². The first-order chi connectivity index (χ1) is 12.8. The predicted molar refractivity (Wildman–Crippen MR) is 102 cm³/mol. The highest BCUT2D eigenvalue weighted by atomic mass is 16.5. The van der Waals surface area contributed by atoms with Gasteiger partial charge in [0.2, 0.25) is 0 Å². The quantitative estimate of drug-likeness (QED) is 0.688. The van der Waals surface area contributed by atoms with Crippen LogP contribution in [-0.4, -0.2) is 34.5 Å². The molecule has 2 N–H and O–H groups in total. The summed E-state index contributed by atoms with van der Waals surface area (Å²) in [6, 6.07) is 0. The number of rotatable bonds is 1. The lowest BCUT2D eigenvalue weighted by Crippen LogP contribution is -2.66. The van der Waals surface area contributed by atoms with Crippen molar-refractivity contribution in [3.8, 4) is 0 Å². The van der Waals surface area contributed by atoms with E-state index in [-0.39, 0.29) is 23.2 Å². The standard InChI is InChI=1S/C23H34O4/c1-21-9-4-3-5-15(21)6-7-17-18(21)12-19(24)22(2)16(8-10-23(17,22)26)14-11-20(25)27-13-14/h11,15-19,24,26H,3-10,12-13H2,1-2H3. The number of aliphatic hydroxyl groups is 2. The lowest BCUT2D eigenvalue weighted by Gasteiger charge is -2.64. The molecule has 0 bridgehead atoms. The lowest BCUT2D eigenvalue weighted by molar-refractivity contribution is -0.242. The molecule has 5 aliphatic rings. The summed E-state index contributed by atoms with van der Waals surface area (Å²) in [5, 5.41) is 23.6. The molecule has 0 radical (unpaired) electrons. The molecule has 150 valence electrons. The molecule has 1 heterocycles. The molecule has 0 aromatic rings. The van der Waals surface area contributed by atoms with E-state index in [9.17, 15) is 15.0 Å². The molecule has 5 rings (SSSR count). The van der Waals surface area contributed by atoms with Gasteiger partial charge in [0.15, 0.2) is 0 Å². The van der Waals surface area contributed by atoms with Crippen molar-refractivity contribution in [3.63, 3.8) is 0 Å². The zero-order valence-electron chi connectivity index (χ0n) is 16.7. The Labute approximate surface area is 162 Å². The highest BCUT2D eigenvalue weighted by Gasteiger charge is 2.70. The molecule has 8 unspecified atom stereocenters. The van der Waals surface area contributed by atoms with Gasteiger partial charge in [0.1, 0.15) is 6.61 Å². The molecule has 4 heteroatoms. The Kier molecular flexibility index (Phi) is 3.92. The van der Waals surface area contributed by atoms with Gasteiger partial charge < -0.3 is 14.9 Å². The third-order valence-electron chi connectivity index (χ3n) is 10.00. The van der Waals surface area contributed by atoms with Gasteiger partial charge >= 0.3 is 5.97 Å². The molecular weight excluding hydrogens is 340 g/mol. The van der Waals surface area contributed by atoms with Crippen LogP contribution in [0, 0.1) is 34.5 Å². The second-order valence-electron chi connectivity index (χ2n) is 10.6. The van der Waals surface area contributed by atoms with Gasteiger partial charge in [-0.25, -0.2) is 4.79 Å². The van der Waals surface area contributed by atoms with E-state index in [0.717, 1.165) is 37.2 Å². The fourth-order valence-electron chi connectivity index (χ4n) is 8.43. The first kappa shape index (κ1) is 18.2. The van der Waals surface area contributed by atoms with E-state index in [1.807, 2.05) is 0 Å². The SMILES string of the molecule is CC12CCCCC1CCC1C2CC(O)C2(C)C(C3=CC(=O)OC3)CCC12O. The summed E-state index contributed by atoms with van der Waals surface area (Å²) < 4.78 is 5.17. The molecule has 0 spiro atoms. The zero-order chi connectivity index (χ0) is 19.0. The van der Waals surface area contributed by atoms with Gasteiger partial charge in [-0.05, 0) is 79.6 Å². The molecule has 27 heavy (non-hydrogen) atoms. The minimum Gasteiger partial charge on any atom is -0.458 e. The number of ether oxygens (including phenoxy) is 1. The smallest absolute Gasteiger partial charge is 0.331 e. The Bertz CT molecular complexity index is 686. The van der Waals surface area contributed by atoms with Crippen LogP contribution in [0.4, 0.5) is 0 Å². The van der Waals surface area contributed by atoms with Gasteiger partial charge in [0.25, 0.3) is 0 Å². The van der Waals surface area contributed by atoms with Crippen molar-refractivity contribution in [3.05, 3.63) is 11.6 Å². The van der Waals surface area contributed by atoms with E-state index in [1.165, 1.54) is 32.1 Å². The summed E-state index contributed by atoms with van der Waals surface area (Å²) in [4.78, 5) is 11.6. The van der Waals surface area contributed by atoms with Crippen molar-refractivity contribution in [1.29, 1.82) is 0 Å². The number of fused-ring (bicyclic) bond motifs is 5. The van der Waals surface area contributed by atoms with Gasteiger partial charge in [-0.15, -0.1) is 0 Å². The Morgan fingerprint density at radius 2 is 1.89 bits per heavy atom. The average Bonchev–Trinajstić information content (AvgIpc) is 3.18. The molecule has 4 nitrogen and oxygen atoms in total. The summed E-state index contributed by atoms with van der Waals surface area (Å²) in [7, 11) is 0. The van der Waals surface area contributed by atoms with Crippen LogP contribution >= 0.6 is 0 Å². The van der Waals surface area contributed by atoms with Crippen molar-refractivity contribution in [2.75, 3.05) is 6.61 Å². The van der Waals surface area contributed by atoms with E-state index in [4.69, 9.17) is 4.74 Å². The first-order valence-corrected chi connectivity index (χ1v) is 11.1. The lowest BCUT2D eigenvalue weighted by atomic mass is 9.42. The summed E-state index contributed by atoms with van der Waals surface area (Å²) in [6.45, 7) is 4.87. The fourth-order valence-corrected chi connectivity index (χ4v) is 8.43. The zero-order valence-corrected chi connectivity index (χ0v) is 16.7. The summed E-state index contributed by atoms with van der Waals surface area (Å²) >= 11 is 0. The van der Waals surface area contributed by atoms with Crippen molar-refractivity contribution in [2.24, 2.45) is 34.5 Å². The number of carbonyl (C=O) groups is 1. The first-order valence-electron chi connectivity index (χ1n) is 11.1. The normalized spacial score (nSPS) is 54.6. The molecule has 1 aliphatic heterocycles. The molecule has 0 amide bonds. The van der Waals surface area contributed by atoms with E-state index in [1.54, 1.807) is 6.08 Å². The maximum absolute atomic E-state index is 12.1. The average molecular weight is 375 g/mol. The number of cyclic esters (lactones) is 1. The predicted octanol–water partition coefficient (Wildman–Crippen LogP) is 3.60. The maximum atomic E-state index is 12.1. The van der Waals surface area contributed by atoms with E-state index in [0.29, 0.717) is 12.5 Å². The Morgan fingerprint density at radius 3 is 2.63 bits per heavy atom. The van der Waals surface area contributed by atoms with Crippen LogP contribution in [0.5, 0.6) is 0 Å². The van der Waals surface area contributed by atoms with Crippen molar-refractivity contribution >= 4 is 5.97 Å². The van der Waals surface area contributed by atoms with Crippen LogP contribution in [0.1, 0.15) is 71.6 Å². The van der Waals surface area contributed by atoms with E-state index >= 15 is 0 Å². The number of carbonyl (C=O) groups excluding carboxylic acids is 1. The van der Waals surface area contributed by atoms with Crippen LogP contribution in [0.25, 0.3) is 0 Å². The van der Waals surface area contributed by atoms with Gasteiger partial charge in [-0.1, -0.05) is 26.7 Å². The van der Waals surface area contributed by atoms with Gasteiger partial charge in [-0.3, -0.25) is 0 Å². The number of esters is 1. The van der Waals surface area contributed by atoms with E-state index in [2.05, 4.69) is 13.8 Å². The van der Waals surface area contributed by atoms with Crippen molar-refractivity contribution < 1.29 is 19.7 Å². The summed E-state index contributed by atoms with van der Waals surface area (Å²) in [5.41, 5.74) is -0.166. The molecular formula is C23H34O4. The van der Waals surface area contributed by atoms with Crippen LogP contribution in [0.2, 0.25) is 0 Å². The molecule has 4 aliphatic carbocycles. The Hall–Kier alpha value is -0.870. The second kappa shape index (κ2) is 5.82. The monoisotopic (exact) mass is 374 g/mol. The number of hydrogen-bond acceptors (Lipinski definition) is 4. The highest BCUT2D eigenvalue weighted by Crippen LogP contribution is 2.69. The van der Waals surface area contributed by atoms with Crippen LogP contribution in [0.15, 0.2) is 11.6 Å². The van der Waals surface area contributed by atoms with Crippen LogP contribution < -0.4 is 0 Å². The van der Waals surface area contributed by atoms with Gasteiger partial charge in [-0.2, -0.15) is 0 Å². The maximum Gasteiger partial charge on any atom is 0.331 e. The highest BCUT2D eigenvalue weighted by molar-refractivity contribution is 5.85. The fraction of sp³-hybridized carbons (Fsp3) is 0.870.